The highest BCUT2D eigenvalue weighted by Gasteiger charge is 2.40. The number of primary amides is 2. The molecular formula is C96H182N26O19. The molecule has 0 heterocycles. The van der Waals surface area contributed by atoms with E-state index in [9.17, 15) is 91.1 Å². The number of nitrogens with one attached hydrogen (secondary N) is 17. The Morgan fingerprint density at radius 3 is 0.610 bits per heavy atom. The minimum Gasteiger partial charge on any atom is -0.370 e. The molecule has 0 unspecified atom stereocenters. The van der Waals surface area contributed by atoms with Crippen LogP contribution in [-0.2, 0) is 91.1 Å². The molecule has 0 aliphatic rings. The molecule has 35 N–H and O–H groups in total. The first-order valence-electron chi connectivity index (χ1n) is 51.0. The molecule has 0 saturated heterocycles. The molecule has 19 amide bonds. The molecule has 0 aromatic heterocycles. The maximum atomic E-state index is 14.9. The van der Waals surface area contributed by atoms with Gasteiger partial charge in [0, 0.05) is 25.8 Å². The van der Waals surface area contributed by atoms with Crippen LogP contribution >= 0.6 is 0 Å². The summed E-state index contributed by atoms with van der Waals surface area (Å²) in [4.78, 5) is 267. The molecule has 0 spiro atoms. The van der Waals surface area contributed by atoms with Crippen LogP contribution in [-0.4, -0.2) is 249 Å². The smallest absolute Gasteiger partial charge is 0.243 e. The van der Waals surface area contributed by atoms with E-state index in [2.05, 4.69) is 90.5 Å². The summed E-state index contributed by atoms with van der Waals surface area (Å²) in [5.41, 5.74) is 48.8. The van der Waals surface area contributed by atoms with Crippen molar-refractivity contribution in [1.29, 1.82) is 0 Å². The molecule has 45 heteroatoms. The molecule has 0 radical (unpaired) electrons. The standard InChI is InChI=1S/C96H182N26O19/c1-55(2)46-63(102)82(127)108-65(31-20-25-41-98)84(129)110-67(33-22-27-43-100)86(131)115-75(51-60(11)12)94(139)120-73(49-58(7)8)92(137)112-68(34-23-28-44-101)87(132)116-76(52-61(13)14)95(140)119-72(48-57(5)6)91(136)111-66(32-21-26-42-99)85(130)113-69(36-38-78(103)123)88(133)118-77(53-62(15)16)96(141)121-74(50-59(9)10)93(138)114-70(37-39-79(104)124)89(134)117-71(47-56(3)4)90(135)109-64(30-19-24-40-97)83(128)107-54-81(126)106-45-29-17-18-35-80(125)122-105/h55-77H,17-54,97-102,105H2,1-16H3,(H2,103,123)(H2,104,124)(H,106,126)(H,107,128)(H,108,127)(H,109,135)(H,110,129)(H,111,136)(H,112,137)(H,113,130)(H,114,138)(H,115,131)(H,116,132)(H,117,134)(H,118,133)(H,119,140)(H,120,139)(H,121,141)(H,122,125)/t63-,64-,65-,66-,67-,68-,69-,70-,71-,72-,73-,74-,75-,76-,77-/m0/s1. The molecule has 15 atom stereocenters. The van der Waals surface area contributed by atoms with Crippen molar-refractivity contribution in [2.45, 2.75) is 400 Å². The van der Waals surface area contributed by atoms with E-state index in [-0.39, 0.29) is 176 Å². The van der Waals surface area contributed by atoms with E-state index >= 15 is 0 Å². The average Bonchev–Trinajstić information content (AvgIpc) is 0.852. The summed E-state index contributed by atoms with van der Waals surface area (Å²) in [5, 5.41) is 43.6. The second-order valence-corrected chi connectivity index (χ2v) is 40.4. The van der Waals surface area contributed by atoms with E-state index < -0.39 is 229 Å². The second-order valence-electron chi connectivity index (χ2n) is 40.4. The van der Waals surface area contributed by atoms with Gasteiger partial charge in [-0.15, -0.1) is 0 Å². The van der Waals surface area contributed by atoms with Crippen molar-refractivity contribution in [3.63, 3.8) is 0 Å². The Hall–Kier alpha value is -10.3. The molecule has 141 heavy (non-hydrogen) atoms. The Morgan fingerprint density at radius 1 is 0.206 bits per heavy atom. The lowest BCUT2D eigenvalue weighted by molar-refractivity contribution is -0.137. The highest BCUT2D eigenvalue weighted by Crippen LogP contribution is 2.20. The Labute approximate surface area is 835 Å². The lowest BCUT2D eigenvalue weighted by Crippen LogP contribution is -2.61. The van der Waals surface area contributed by atoms with E-state index in [1.165, 1.54) is 0 Å². The van der Waals surface area contributed by atoms with Gasteiger partial charge in [-0.25, -0.2) is 5.84 Å². The van der Waals surface area contributed by atoms with Gasteiger partial charge in [-0.1, -0.05) is 117 Å². The fraction of sp³-hybridized carbons (Fsp3) is 0.802. The monoisotopic (exact) mass is 2000 g/mol. The summed E-state index contributed by atoms with van der Waals surface area (Å²) >= 11 is 0. The SMILES string of the molecule is CC(C)C[C@H](NC(=O)[C@H](CCC(N)=O)NC(=O)[C@H](CC(C)C)NC(=O)[C@H](CC(C)C)NC(=O)[C@H](CCC(N)=O)NC(=O)[C@H](CCCCN)NC(=O)[C@H](CC(C)C)NC(=O)[C@H](CC(C)C)NC(=O)[C@H](CCCCN)NC(=O)[C@H](CC(C)C)NC(=O)[C@H](CC(C)C)NC(=O)[C@H](CCCCN)NC(=O)[C@H](CCCCN)NC(=O)[C@@H](N)CC(C)C)C(=O)N[C@@H](CCCCN)C(=O)NCC(=O)NCCCCCC(=O)NN. The van der Waals surface area contributed by atoms with E-state index in [0.29, 0.717) is 90.0 Å². The van der Waals surface area contributed by atoms with Crippen molar-refractivity contribution in [2.24, 2.45) is 99.1 Å². The van der Waals surface area contributed by atoms with Gasteiger partial charge in [-0.05, 0) is 253 Å². The zero-order valence-corrected chi connectivity index (χ0v) is 87.1. The number of carbonyl (C=O) groups is 19. The van der Waals surface area contributed by atoms with Gasteiger partial charge in [0.05, 0.1) is 12.6 Å². The first-order valence-corrected chi connectivity index (χ1v) is 51.0. The van der Waals surface area contributed by atoms with E-state index in [1.807, 2.05) is 41.5 Å². The van der Waals surface area contributed by atoms with Gasteiger partial charge in [-0.3, -0.25) is 96.5 Å². The number of carbonyl (C=O) groups excluding carboxylic acids is 19. The van der Waals surface area contributed by atoms with Gasteiger partial charge in [0.2, 0.25) is 112 Å². The number of hydrogen-bond acceptors (Lipinski definition) is 26. The van der Waals surface area contributed by atoms with Crippen molar-refractivity contribution < 1.29 is 91.1 Å². The van der Waals surface area contributed by atoms with Gasteiger partial charge >= 0.3 is 0 Å². The lowest BCUT2D eigenvalue weighted by atomic mass is 9.98. The molecular weight excluding hydrogens is 1820 g/mol. The van der Waals surface area contributed by atoms with Crippen LogP contribution in [0.3, 0.4) is 0 Å². The molecule has 0 fully saturated rings. The van der Waals surface area contributed by atoms with Crippen LogP contribution < -0.4 is 142 Å². The van der Waals surface area contributed by atoms with Gasteiger partial charge in [0.25, 0.3) is 0 Å². The third-order valence-corrected chi connectivity index (χ3v) is 23.0. The Bertz CT molecular complexity index is 3840. The predicted molar refractivity (Wildman–Crippen MR) is 539 cm³/mol. The third kappa shape index (κ3) is 59.4. The number of hydrazine groups is 1. The minimum absolute atomic E-state index is 0.00132. The molecule has 0 bridgehead atoms. The van der Waals surface area contributed by atoms with Crippen LogP contribution in [0.2, 0.25) is 0 Å². The normalized spacial score (nSPS) is 14.7. The molecule has 0 rings (SSSR count). The van der Waals surface area contributed by atoms with Gasteiger partial charge in [0.1, 0.15) is 84.6 Å². The number of amides is 19. The number of nitrogens with two attached hydrogens (primary N) is 9. The van der Waals surface area contributed by atoms with Crippen LogP contribution in [0.5, 0.6) is 0 Å². The summed E-state index contributed by atoms with van der Waals surface area (Å²) in [5.74, 6) is -11.4. The fourth-order valence-electron chi connectivity index (χ4n) is 15.5. The number of unbranched alkanes of at least 4 members (excludes halogenated alkanes) is 7. The second kappa shape index (κ2) is 73.7. The quantitative estimate of drug-likeness (QED) is 0.0142. The highest BCUT2D eigenvalue weighted by atomic mass is 16.2. The van der Waals surface area contributed by atoms with Crippen LogP contribution in [0, 0.1) is 47.3 Å². The molecule has 0 aromatic carbocycles. The fourth-order valence-corrected chi connectivity index (χ4v) is 15.5. The van der Waals surface area contributed by atoms with Gasteiger partial charge in [0.15, 0.2) is 0 Å². The van der Waals surface area contributed by atoms with Crippen molar-refractivity contribution in [3.8, 4) is 0 Å². The predicted octanol–water partition coefficient (Wildman–Crippen LogP) is -1.57. The maximum Gasteiger partial charge on any atom is 0.243 e. The first-order chi connectivity index (χ1) is 66.4. The van der Waals surface area contributed by atoms with Gasteiger partial charge in [-0.2, -0.15) is 0 Å². The van der Waals surface area contributed by atoms with E-state index in [0.717, 1.165) is 0 Å². The first kappa shape index (κ1) is 131. The zero-order chi connectivity index (χ0) is 107. The summed E-state index contributed by atoms with van der Waals surface area (Å²) in [7, 11) is 0. The average molecular weight is 2000 g/mol. The highest BCUT2D eigenvalue weighted by molar-refractivity contribution is 6.01. The molecule has 810 valence electrons. The summed E-state index contributed by atoms with van der Waals surface area (Å²) < 4.78 is 0. The Morgan fingerprint density at radius 2 is 0.404 bits per heavy atom. The minimum atomic E-state index is -1.64. The largest absolute Gasteiger partial charge is 0.370 e. The molecule has 0 aliphatic carbocycles. The van der Waals surface area contributed by atoms with Crippen LogP contribution in [0.15, 0.2) is 0 Å². The summed E-state index contributed by atoms with van der Waals surface area (Å²) in [6.07, 6.45) is 4.86. The van der Waals surface area contributed by atoms with Crippen molar-refractivity contribution >= 4 is 112 Å². The molecule has 45 nitrogen and oxygen atoms in total. The zero-order valence-electron chi connectivity index (χ0n) is 87.1. The molecule has 0 saturated carbocycles. The van der Waals surface area contributed by atoms with Crippen LogP contribution in [0.4, 0.5) is 0 Å². The molecule has 0 aromatic rings. The van der Waals surface area contributed by atoms with Crippen LogP contribution in [0.25, 0.3) is 0 Å². The van der Waals surface area contributed by atoms with E-state index in [1.54, 1.807) is 69.2 Å². The third-order valence-electron chi connectivity index (χ3n) is 23.0. The Kier molecular flexibility index (Phi) is 68.3. The lowest BCUT2D eigenvalue weighted by Gasteiger charge is -2.30. The van der Waals surface area contributed by atoms with Gasteiger partial charge < -0.3 is 131 Å². The van der Waals surface area contributed by atoms with Crippen LogP contribution in [0.1, 0.15) is 310 Å². The molecule has 0 aliphatic heterocycles. The van der Waals surface area contributed by atoms with Crippen molar-refractivity contribution in [1.82, 2.24) is 90.5 Å². The van der Waals surface area contributed by atoms with Crippen molar-refractivity contribution in [2.75, 3.05) is 45.8 Å². The van der Waals surface area contributed by atoms with Crippen molar-refractivity contribution in [3.05, 3.63) is 0 Å². The number of hydrogen-bond donors (Lipinski definition) is 26. The number of rotatable bonds is 79. The summed E-state index contributed by atoms with van der Waals surface area (Å²) in [6.45, 7) is 29.8. The Balaban J connectivity index is 7.45. The maximum absolute atomic E-state index is 14.9. The topological polar surface area (TPSA) is 763 Å². The van der Waals surface area contributed by atoms with E-state index in [4.69, 9.17) is 51.7 Å². The summed E-state index contributed by atoms with van der Waals surface area (Å²) in [6, 6.07) is -20.0.